The van der Waals surface area contributed by atoms with Gasteiger partial charge in [-0.05, 0) is 61.7 Å². The van der Waals surface area contributed by atoms with Crippen LogP contribution in [0, 0.1) is 18.2 Å². The molecule has 28 heavy (non-hydrogen) atoms. The number of aryl methyl sites for hydroxylation is 1. The van der Waals surface area contributed by atoms with E-state index in [0.717, 1.165) is 42.0 Å². The molecule has 1 fully saturated rings. The molecule has 1 aliphatic rings. The van der Waals surface area contributed by atoms with Crippen LogP contribution in [0.1, 0.15) is 36.0 Å². The number of hydrogen-bond acceptors (Lipinski definition) is 3. The number of rotatable bonds is 4. The standard InChI is InChI=1S/C22H22FN5/c1-15-5-2-8-18(26-15)19-14-25-22(27-19)11-10-21(24)28-12-4-9-20(28)16-6-3-7-17(23)13-16/h2-3,5-8,10-11,13-14,20,24H,4,9,12H2,1H3,(H,25,27)/b11-10-,24-21?. The molecule has 5 nitrogen and oxygen atoms in total. The van der Waals surface area contributed by atoms with E-state index in [-0.39, 0.29) is 11.9 Å². The molecule has 6 heteroatoms. The largest absolute Gasteiger partial charge is 0.350 e. The molecule has 1 atom stereocenters. The minimum absolute atomic E-state index is 0.0384. The Bertz CT molecular complexity index is 1020. The van der Waals surface area contributed by atoms with Gasteiger partial charge in [0.05, 0.1) is 23.6 Å². The Morgan fingerprint density at radius 3 is 2.96 bits per heavy atom. The second-order valence-electron chi connectivity index (χ2n) is 6.97. The zero-order valence-corrected chi connectivity index (χ0v) is 15.7. The van der Waals surface area contributed by atoms with Crippen molar-refractivity contribution < 1.29 is 4.39 Å². The first-order valence-electron chi connectivity index (χ1n) is 9.38. The molecule has 0 amide bonds. The van der Waals surface area contributed by atoms with Crippen molar-refractivity contribution in [2.45, 2.75) is 25.8 Å². The lowest BCUT2D eigenvalue weighted by Crippen LogP contribution is -2.28. The second-order valence-corrected chi connectivity index (χ2v) is 6.97. The van der Waals surface area contributed by atoms with Crippen LogP contribution in [0.25, 0.3) is 17.5 Å². The van der Waals surface area contributed by atoms with Gasteiger partial charge in [-0.3, -0.25) is 10.4 Å². The molecule has 1 aliphatic heterocycles. The van der Waals surface area contributed by atoms with Crippen molar-refractivity contribution in [2.24, 2.45) is 0 Å². The van der Waals surface area contributed by atoms with Gasteiger partial charge in [-0.15, -0.1) is 0 Å². The number of aromatic nitrogens is 3. The first-order valence-corrected chi connectivity index (χ1v) is 9.38. The maximum Gasteiger partial charge on any atom is 0.130 e. The van der Waals surface area contributed by atoms with Gasteiger partial charge in [-0.2, -0.15) is 0 Å². The fraction of sp³-hybridized carbons (Fsp3) is 0.227. The molecular weight excluding hydrogens is 353 g/mol. The van der Waals surface area contributed by atoms with Gasteiger partial charge in [0.25, 0.3) is 0 Å². The van der Waals surface area contributed by atoms with Gasteiger partial charge in [0.1, 0.15) is 17.5 Å². The van der Waals surface area contributed by atoms with Crippen LogP contribution >= 0.6 is 0 Å². The number of aromatic amines is 1. The van der Waals surface area contributed by atoms with Crippen molar-refractivity contribution in [3.63, 3.8) is 0 Å². The molecule has 142 valence electrons. The number of halogens is 1. The third kappa shape index (κ3) is 3.86. The lowest BCUT2D eigenvalue weighted by Gasteiger charge is -2.26. The highest BCUT2D eigenvalue weighted by molar-refractivity contribution is 5.94. The maximum atomic E-state index is 13.6. The average Bonchev–Trinajstić information content (AvgIpc) is 3.36. The Balaban J connectivity index is 1.48. The molecular formula is C22H22FN5. The molecule has 1 saturated heterocycles. The number of nitrogens with one attached hydrogen (secondary N) is 2. The van der Waals surface area contributed by atoms with Crippen LogP contribution in [-0.4, -0.2) is 32.2 Å². The van der Waals surface area contributed by atoms with Crippen molar-refractivity contribution in [3.8, 4) is 11.4 Å². The van der Waals surface area contributed by atoms with Crippen LogP contribution in [0.15, 0.2) is 54.7 Å². The van der Waals surface area contributed by atoms with E-state index in [9.17, 15) is 4.39 Å². The second kappa shape index (κ2) is 7.76. The van der Waals surface area contributed by atoms with Gasteiger partial charge in [-0.1, -0.05) is 18.2 Å². The molecule has 0 saturated carbocycles. The van der Waals surface area contributed by atoms with E-state index >= 15 is 0 Å². The predicted molar refractivity (Wildman–Crippen MR) is 108 cm³/mol. The zero-order valence-electron chi connectivity index (χ0n) is 15.7. The summed E-state index contributed by atoms with van der Waals surface area (Å²) in [4.78, 5) is 14.1. The summed E-state index contributed by atoms with van der Waals surface area (Å²) in [5.74, 6) is 0.835. The summed E-state index contributed by atoms with van der Waals surface area (Å²) in [5.41, 5.74) is 3.55. The highest BCUT2D eigenvalue weighted by atomic mass is 19.1. The summed E-state index contributed by atoms with van der Waals surface area (Å²) in [6.07, 6.45) is 7.19. The molecule has 3 heterocycles. The van der Waals surface area contributed by atoms with E-state index in [1.165, 1.54) is 6.07 Å². The third-order valence-corrected chi connectivity index (χ3v) is 4.95. The van der Waals surface area contributed by atoms with Gasteiger partial charge in [0.15, 0.2) is 0 Å². The summed E-state index contributed by atoms with van der Waals surface area (Å²) in [5, 5.41) is 8.46. The quantitative estimate of drug-likeness (QED) is 0.511. The van der Waals surface area contributed by atoms with Crippen molar-refractivity contribution in [1.29, 1.82) is 5.41 Å². The Morgan fingerprint density at radius 2 is 2.14 bits per heavy atom. The molecule has 1 unspecified atom stereocenters. The number of nitrogens with zero attached hydrogens (tertiary/aromatic N) is 3. The minimum Gasteiger partial charge on any atom is -0.350 e. The summed E-state index contributed by atoms with van der Waals surface area (Å²) in [7, 11) is 0. The molecule has 1 aromatic carbocycles. The Hall–Kier alpha value is -3.28. The number of imidazole rings is 1. The highest BCUT2D eigenvalue weighted by Gasteiger charge is 2.27. The van der Waals surface area contributed by atoms with E-state index in [1.54, 1.807) is 30.5 Å². The van der Waals surface area contributed by atoms with Gasteiger partial charge in [0, 0.05) is 12.2 Å². The van der Waals surface area contributed by atoms with E-state index in [4.69, 9.17) is 5.41 Å². The lowest BCUT2D eigenvalue weighted by molar-refractivity contribution is 0.399. The van der Waals surface area contributed by atoms with Gasteiger partial charge in [-0.25, -0.2) is 9.37 Å². The number of likely N-dealkylation sites (tertiary alicyclic amines) is 1. The molecule has 2 N–H and O–H groups in total. The number of pyridine rings is 1. The van der Waals surface area contributed by atoms with Gasteiger partial charge < -0.3 is 9.88 Å². The van der Waals surface area contributed by atoms with Crippen LogP contribution in [0.2, 0.25) is 0 Å². The van der Waals surface area contributed by atoms with Crippen molar-refractivity contribution in [3.05, 3.63) is 77.6 Å². The van der Waals surface area contributed by atoms with E-state index in [2.05, 4.69) is 15.0 Å². The average molecular weight is 375 g/mol. The number of H-pyrrole nitrogens is 1. The molecule has 0 aliphatic carbocycles. The molecule has 0 spiro atoms. The number of amidine groups is 1. The smallest absolute Gasteiger partial charge is 0.130 e. The molecule has 4 rings (SSSR count). The SMILES string of the molecule is Cc1cccc(-c2cnc(/C=C\C(=N)N3CCCC3c3cccc(F)c3)[nH]2)n1. The Morgan fingerprint density at radius 1 is 1.29 bits per heavy atom. The first kappa shape index (κ1) is 18.1. The Labute approximate surface area is 163 Å². The highest BCUT2D eigenvalue weighted by Crippen LogP contribution is 2.32. The van der Waals surface area contributed by atoms with Crippen LogP contribution in [0.4, 0.5) is 4.39 Å². The van der Waals surface area contributed by atoms with Crippen LogP contribution in [0.3, 0.4) is 0 Å². The maximum absolute atomic E-state index is 13.6. The summed E-state index contributed by atoms with van der Waals surface area (Å²) in [6.45, 7) is 2.74. The third-order valence-electron chi connectivity index (χ3n) is 4.95. The molecule has 0 bridgehead atoms. The fourth-order valence-electron chi connectivity index (χ4n) is 3.61. The van der Waals surface area contributed by atoms with E-state index < -0.39 is 0 Å². The molecule has 3 aromatic rings. The Kier molecular flexibility index (Phi) is 5.02. The lowest BCUT2D eigenvalue weighted by atomic mass is 10.0. The number of benzene rings is 1. The topological polar surface area (TPSA) is 68.7 Å². The summed E-state index contributed by atoms with van der Waals surface area (Å²) in [6, 6.07) is 12.6. The van der Waals surface area contributed by atoms with Crippen molar-refractivity contribution in [2.75, 3.05) is 6.54 Å². The zero-order chi connectivity index (χ0) is 19.5. The predicted octanol–water partition coefficient (Wildman–Crippen LogP) is 4.75. The number of hydrogen-bond donors (Lipinski definition) is 2. The van der Waals surface area contributed by atoms with Crippen LogP contribution in [-0.2, 0) is 0 Å². The summed E-state index contributed by atoms with van der Waals surface area (Å²) >= 11 is 0. The first-order chi connectivity index (χ1) is 13.6. The van der Waals surface area contributed by atoms with Crippen molar-refractivity contribution in [1.82, 2.24) is 19.9 Å². The minimum atomic E-state index is -0.237. The van der Waals surface area contributed by atoms with Crippen molar-refractivity contribution >= 4 is 11.9 Å². The van der Waals surface area contributed by atoms with Crippen LogP contribution < -0.4 is 0 Å². The molecule has 2 aromatic heterocycles. The summed E-state index contributed by atoms with van der Waals surface area (Å²) < 4.78 is 13.6. The van der Waals surface area contributed by atoms with E-state index in [0.29, 0.717) is 11.7 Å². The monoisotopic (exact) mass is 375 g/mol. The van der Waals surface area contributed by atoms with Crippen LogP contribution in [0.5, 0.6) is 0 Å². The fourth-order valence-corrected chi connectivity index (χ4v) is 3.61. The normalized spacial score (nSPS) is 16.8. The van der Waals surface area contributed by atoms with Gasteiger partial charge >= 0.3 is 0 Å². The molecule has 0 radical (unpaired) electrons. The van der Waals surface area contributed by atoms with Gasteiger partial charge in [0.2, 0.25) is 0 Å². The van der Waals surface area contributed by atoms with E-state index in [1.807, 2.05) is 36.1 Å².